The molecular formula is C9H9ClFNO2. The fraction of sp³-hybridized carbons (Fsp3) is 0.333. The fourth-order valence-electron chi connectivity index (χ4n) is 0.940. The minimum Gasteiger partial charge on any atom is -0.466 e. The molecule has 1 rings (SSSR count). The van der Waals surface area contributed by atoms with E-state index in [9.17, 15) is 9.18 Å². The molecule has 76 valence electrons. The third kappa shape index (κ3) is 2.96. The number of pyridine rings is 1. The predicted molar refractivity (Wildman–Crippen MR) is 49.5 cm³/mol. The molecule has 0 spiro atoms. The Bertz CT molecular complexity index is 344. The molecule has 0 aliphatic carbocycles. The van der Waals surface area contributed by atoms with Crippen molar-refractivity contribution in [2.24, 2.45) is 0 Å². The number of carbonyl (C=O) groups is 1. The predicted octanol–water partition coefficient (Wildman–Crippen LogP) is 1.98. The van der Waals surface area contributed by atoms with E-state index in [-0.39, 0.29) is 11.6 Å². The Morgan fingerprint density at radius 3 is 2.93 bits per heavy atom. The van der Waals surface area contributed by atoms with Crippen molar-refractivity contribution in [2.75, 3.05) is 6.61 Å². The lowest BCUT2D eigenvalue weighted by molar-refractivity contribution is -0.142. The van der Waals surface area contributed by atoms with E-state index in [1.807, 2.05) is 0 Å². The number of carbonyl (C=O) groups excluding carboxylic acids is 1. The summed E-state index contributed by atoms with van der Waals surface area (Å²) in [6, 6.07) is 2.57. The Labute approximate surface area is 85.9 Å². The third-order valence-electron chi connectivity index (χ3n) is 1.53. The van der Waals surface area contributed by atoms with Gasteiger partial charge in [0.15, 0.2) is 0 Å². The van der Waals surface area contributed by atoms with E-state index in [4.69, 9.17) is 16.3 Å². The van der Waals surface area contributed by atoms with Gasteiger partial charge in [0, 0.05) is 5.56 Å². The molecule has 0 bridgehead atoms. The van der Waals surface area contributed by atoms with Crippen LogP contribution in [0.1, 0.15) is 12.5 Å². The van der Waals surface area contributed by atoms with Crippen molar-refractivity contribution in [3.8, 4) is 0 Å². The number of nitrogens with zero attached hydrogens (tertiary/aromatic N) is 1. The molecule has 0 N–H and O–H groups in total. The second-order valence-corrected chi connectivity index (χ2v) is 2.92. The minimum atomic E-state index is -0.664. The summed E-state index contributed by atoms with van der Waals surface area (Å²) >= 11 is 5.61. The molecule has 5 heteroatoms. The van der Waals surface area contributed by atoms with Crippen molar-refractivity contribution >= 4 is 17.6 Å². The summed E-state index contributed by atoms with van der Waals surface area (Å²) in [4.78, 5) is 14.4. The van der Waals surface area contributed by atoms with Crippen LogP contribution in [0.2, 0.25) is 5.15 Å². The summed E-state index contributed by atoms with van der Waals surface area (Å²) in [5, 5.41) is -0.00180. The van der Waals surface area contributed by atoms with Gasteiger partial charge >= 0.3 is 5.97 Å². The second-order valence-electron chi connectivity index (χ2n) is 2.57. The van der Waals surface area contributed by atoms with Gasteiger partial charge in [-0.3, -0.25) is 4.79 Å². The van der Waals surface area contributed by atoms with Crippen LogP contribution >= 0.6 is 11.6 Å². The minimum absolute atomic E-state index is 0.00180. The van der Waals surface area contributed by atoms with E-state index in [1.165, 1.54) is 6.07 Å². The number of aromatic nitrogens is 1. The first-order valence-corrected chi connectivity index (χ1v) is 4.47. The lowest BCUT2D eigenvalue weighted by atomic mass is 10.2. The van der Waals surface area contributed by atoms with E-state index in [2.05, 4.69) is 4.98 Å². The topological polar surface area (TPSA) is 39.2 Å². The molecule has 0 aliphatic heterocycles. The van der Waals surface area contributed by atoms with Crippen molar-refractivity contribution in [3.63, 3.8) is 0 Å². The zero-order chi connectivity index (χ0) is 10.6. The Morgan fingerprint density at radius 1 is 1.64 bits per heavy atom. The van der Waals surface area contributed by atoms with Crippen molar-refractivity contribution in [1.82, 2.24) is 4.98 Å². The van der Waals surface area contributed by atoms with Crippen LogP contribution in [0.25, 0.3) is 0 Å². The smallest absolute Gasteiger partial charge is 0.310 e. The largest absolute Gasteiger partial charge is 0.466 e. The van der Waals surface area contributed by atoms with Gasteiger partial charge in [-0.25, -0.2) is 4.98 Å². The number of esters is 1. The maximum atomic E-state index is 12.5. The number of hydrogen-bond acceptors (Lipinski definition) is 3. The SMILES string of the molecule is CCOC(=O)Cc1ccc(F)nc1Cl. The van der Waals surface area contributed by atoms with Gasteiger partial charge in [0.2, 0.25) is 5.95 Å². The first-order valence-electron chi connectivity index (χ1n) is 4.10. The Kier molecular flexibility index (Phi) is 3.83. The number of ether oxygens (including phenoxy) is 1. The van der Waals surface area contributed by atoms with E-state index < -0.39 is 11.9 Å². The number of hydrogen-bond donors (Lipinski definition) is 0. The molecule has 3 nitrogen and oxygen atoms in total. The molecule has 14 heavy (non-hydrogen) atoms. The summed E-state index contributed by atoms with van der Waals surface area (Å²) in [7, 11) is 0. The van der Waals surface area contributed by atoms with Crippen molar-refractivity contribution in [2.45, 2.75) is 13.3 Å². The zero-order valence-electron chi connectivity index (χ0n) is 7.59. The van der Waals surface area contributed by atoms with Crippen LogP contribution in [0.4, 0.5) is 4.39 Å². The summed E-state index contributed by atoms with van der Waals surface area (Å²) in [6.45, 7) is 2.02. The third-order valence-corrected chi connectivity index (χ3v) is 1.86. The molecule has 0 fully saturated rings. The first kappa shape index (κ1) is 10.9. The van der Waals surface area contributed by atoms with Crippen LogP contribution in [0.15, 0.2) is 12.1 Å². The molecule has 1 aromatic heterocycles. The Morgan fingerprint density at radius 2 is 2.36 bits per heavy atom. The van der Waals surface area contributed by atoms with Gasteiger partial charge in [-0.05, 0) is 13.0 Å². The highest BCUT2D eigenvalue weighted by atomic mass is 35.5. The average Bonchev–Trinajstić information content (AvgIpc) is 2.10. The van der Waals surface area contributed by atoms with Crippen LogP contribution in [-0.2, 0) is 16.0 Å². The number of halogens is 2. The molecule has 0 saturated carbocycles. The first-order chi connectivity index (χ1) is 6.63. The molecular weight excluding hydrogens is 209 g/mol. The Balaban J connectivity index is 2.72. The van der Waals surface area contributed by atoms with Crippen LogP contribution in [0, 0.1) is 5.95 Å². The normalized spacial score (nSPS) is 9.93. The molecule has 0 aromatic carbocycles. The van der Waals surface area contributed by atoms with Crippen LogP contribution in [0.5, 0.6) is 0 Å². The molecule has 0 saturated heterocycles. The molecule has 1 aromatic rings. The maximum absolute atomic E-state index is 12.5. The quantitative estimate of drug-likeness (QED) is 0.574. The molecule has 0 unspecified atom stereocenters. The summed E-state index contributed by atoms with van der Waals surface area (Å²) in [6.07, 6.45) is 0.0138. The van der Waals surface area contributed by atoms with Gasteiger partial charge in [-0.2, -0.15) is 4.39 Å². The van der Waals surface area contributed by atoms with E-state index >= 15 is 0 Å². The van der Waals surface area contributed by atoms with Crippen molar-refractivity contribution in [1.29, 1.82) is 0 Å². The van der Waals surface area contributed by atoms with Gasteiger partial charge in [0.25, 0.3) is 0 Å². The molecule has 0 radical (unpaired) electrons. The van der Waals surface area contributed by atoms with Gasteiger partial charge in [0.05, 0.1) is 13.0 Å². The lowest BCUT2D eigenvalue weighted by Crippen LogP contribution is -2.08. The number of rotatable bonds is 3. The van der Waals surface area contributed by atoms with Crippen molar-refractivity contribution < 1.29 is 13.9 Å². The Hall–Kier alpha value is -1.16. The van der Waals surface area contributed by atoms with Gasteiger partial charge in [-0.1, -0.05) is 17.7 Å². The fourth-order valence-corrected chi connectivity index (χ4v) is 1.15. The van der Waals surface area contributed by atoms with E-state index in [0.29, 0.717) is 12.2 Å². The monoisotopic (exact) mass is 217 g/mol. The summed E-state index contributed by atoms with van der Waals surface area (Å²) < 4.78 is 17.2. The lowest BCUT2D eigenvalue weighted by Gasteiger charge is -2.03. The van der Waals surface area contributed by atoms with Gasteiger partial charge in [0.1, 0.15) is 5.15 Å². The van der Waals surface area contributed by atoms with E-state index in [0.717, 1.165) is 6.07 Å². The standard InChI is InChI=1S/C9H9ClFNO2/c1-2-14-8(13)5-6-3-4-7(11)12-9(6)10/h3-4H,2,5H2,1H3. The summed E-state index contributed by atoms with van der Waals surface area (Å²) in [5.41, 5.74) is 0.464. The molecule has 0 amide bonds. The van der Waals surface area contributed by atoms with Crippen molar-refractivity contribution in [3.05, 3.63) is 28.8 Å². The second kappa shape index (κ2) is 4.91. The summed E-state index contributed by atoms with van der Waals surface area (Å²) in [5.74, 6) is -1.06. The highest BCUT2D eigenvalue weighted by Crippen LogP contribution is 2.14. The van der Waals surface area contributed by atoms with Gasteiger partial charge in [-0.15, -0.1) is 0 Å². The van der Waals surface area contributed by atoms with Crippen LogP contribution in [0.3, 0.4) is 0 Å². The van der Waals surface area contributed by atoms with Crippen LogP contribution in [-0.4, -0.2) is 17.6 Å². The highest BCUT2D eigenvalue weighted by Gasteiger charge is 2.09. The maximum Gasteiger partial charge on any atom is 0.310 e. The van der Waals surface area contributed by atoms with Crippen LogP contribution < -0.4 is 0 Å². The molecule has 0 aliphatic rings. The highest BCUT2D eigenvalue weighted by molar-refractivity contribution is 6.30. The van der Waals surface area contributed by atoms with E-state index in [1.54, 1.807) is 6.92 Å². The zero-order valence-corrected chi connectivity index (χ0v) is 8.34. The molecule has 0 atom stereocenters. The van der Waals surface area contributed by atoms with Gasteiger partial charge < -0.3 is 4.74 Å². The molecule has 1 heterocycles. The average molecular weight is 218 g/mol.